The second-order valence-corrected chi connectivity index (χ2v) is 5.93. The molecule has 5 heteroatoms. The van der Waals surface area contributed by atoms with Gasteiger partial charge in [-0.2, -0.15) is 0 Å². The first-order chi connectivity index (χ1) is 8.58. The van der Waals surface area contributed by atoms with E-state index in [4.69, 9.17) is 9.52 Å². The monoisotopic (exact) mass is 326 g/mol. The van der Waals surface area contributed by atoms with E-state index in [9.17, 15) is 4.79 Å². The molecular formula is C13H11BrO3S. The molecule has 1 aromatic heterocycles. The van der Waals surface area contributed by atoms with Crippen LogP contribution in [0.15, 0.2) is 50.2 Å². The molecule has 1 atom stereocenters. The first-order valence-electron chi connectivity index (χ1n) is 5.32. The summed E-state index contributed by atoms with van der Waals surface area (Å²) in [4.78, 5) is 11.8. The maximum atomic E-state index is 10.7. The smallest absolute Gasteiger partial charge is 0.371 e. The van der Waals surface area contributed by atoms with E-state index in [-0.39, 0.29) is 11.0 Å². The summed E-state index contributed by atoms with van der Waals surface area (Å²) in [5.41, 5.74) is 0. The fourth-order valence-corrected chi connectivity index (χ4v) is 3.00. The van der Waals surface area contributed by atoms with Crippen LogP contribution in [0, 0.1) is 0 Å². The van der Waals surface area contributed by atoms with E-state index >= 15 is 0 Å². The lowest BCUT2D eigenvalue weighted by molar-refractivity contribution is 0.0660. The zero-order valence-corrected chi connectivity index (χ0v) is 12.0. The molecule has 0 spiro atoms. The molecule has 0 saturated carbocycles. The molecule has 0 aliphatic carbocycles. The molecule has 3 nitrogen and oxygen atoms in total. The van der Waals surface area contributed by atoms with Gasteiger partial charge in [-0.1, -0.05) is 12.1 Å². The van der Waals surface area contributed by atoms with Crippen molar-refractivity contribution < 1.29 is 14.3 Å². The van der Waals surface area contributed by atoms with Crippen molar-refractivity contribution >= 4 is 33.7 Å². The number of carbonyl (C=O) groups is 1. The van der Waals surface area contributed by atoms with E-state index < -0.39 is 5.97 Å². The highest BCUT2D eigenvalue weighted by Crippen LogP contribution is 2.38. The van der Waals surface area contributed by atoms with Gasteiger partial charge < -0.3 is 9.52 Å². The maximum absolute atomic E-state index is 10.7. The zero-order valence-electron chi connectivity index (χ0n) is 9.59. The third-order valence-corrected chi connectivity index (χ3v) is 4.53. The van der Waals surface area contributed by atoms with E-state index in [1.807, 2.05) is 31.2 Å². The van der Waals surface area contributed by atoms with Crippen LogP contribution in [0.4, 0.5) is 0 Å². The third kappa shape index (κ3) is 2.97. The molecule has 0 fully saturated rings. The van der Waals surface area contributed by atoms with Crippen LogP contribution in [0.1, 0.15) is 28.5 Å². The van der Waals surface area contributed by atoms with Gasteiger partial charge in [-0.15, -0.1) is 11.8 Å². The van der Waals surface area contributed by atoms with Gasteiger partial charge in [0.25, 0.3) is 0 Å². The molecule has 0 aliphatic rings. The molecule has 0 radical (unpaired) electrons. The van der Waals surface area contributed by atoms with Crippen molar-refractivity contribution in [1.29, 1.82) is 0 Å². The van der Waals surface area contributed by atoms with E-state index in [2.05, 4.69) is 15.9 Å². The number of hydrogen-bond acceptors (Lipinski definition) is 3. The van der Waals surface area contributed by atoms with Crippen molar-refractivity contribution in [3.8, 4) is 0 Å². The van der Waals surface area contributed by atoms with Crippen LogP contribution in [0.25, 0.3) is 0 Å². The highest BCUT2D eigenvalue weighted by atomic mass is 79.9. The van der Waals surface area contributed by atoms with Crippen LogP contribution in [0.3, 0.4) is 0 Å². The molecule has 0 aliphatic heterocycles. The van der Waals surface area contributed by atoms with Gasteiger partial charge in [-0.25, -0.2) is 4.79 Å². The molecule has 94 valence electrons. The Kier molecular flexibility index (Phi) is 4.14. The van der Waals surface area contributed by atoms with Gasteiger partial charge in [0, 0.05) is 9.37 Å². The summed E-state index contributed by atoms with van der Waals surface area (Å²) >= 11 is 5.09. The SMILES string of the molecule is CC(Sc1ccccc1Br)c1ccc(C(=O)O)o1. The predicted octanol–water partition coefficient (Wildman–Crippen LogP) is 4.59. The van der Waals surface area contributed by atoms with Crippen molar-refractivity contribution in [3.05, 3.63) is 52.4 Å². The number of benzene rings is 1. The van der Waals surface area contributed by atoms with Gasteiger partial charge in [-0.3, -0.25) is 0 Å². The van der Waals surface area contributed by atoms with Crippen LogP contribution in [0.2, 0.25) is 0 Å². The number of furan rings is 1. The Morgan fingerprint density at radius 3 is 2.67 bits per heavy atom. The van der Waals surface area contributed by atoms with Crippen LogP contribution in [0.5, 0.6) is 0 Å². The molecule has 0 amide bonds. The topological polar surface area (TPSA) is 50.4 Å². The summed E-state index contributed by atoms with van der Waals surface area (Å²) in [5, 5.41) is 8.86. The van der Waals surface area contributed by atoms with Crippen LogP contribution in [-0.2, 0) is 0 Å². The minimum absolute atomic E-state index is 0.0235. The Hall–Kier alpha value is -1.20. The van der Waals surface area contributed by atoms with Crippen molar-refractivity contribution in [1.82, 2.24) is 0 Å². The van der Waals surface area contributed by atoms with Gasteiger partial charge in [0.05, 0.1) is 5.25 Å². The molecule has 2 aromatic rings. The lowest BCUT2D eigenvalue weighted by Gasteiger charge is -2.09. The first kappa shape index (κ1) is 13.2. The Balaban J connectivity index is 2.14. The maximum Gasteiger partial charge on any atom is 0.371 e. The van der Waals surface area contributed by atoms with E-state index in [1.165, 1.54) is 6.07 Å². The van der Waals surface area contributed by atoms with Crippen molar-refractivity contribution in [2.75, 3.05) is 0 Å². The molecule has 1 N–H and O–H groups in total. The Labute approximate surface area is 117 Å². The largest absolute Gasteiger partial charge is 0.475 e. The second kappa shape index (κ2) is 5.63. The van der Waals surface area contributed by atoms with E-state index in [0.717, 1.165) is 9.37 Å². The van der Waals surface area contributed by atoms with Crippen LogP contribution >= 0.6 is 27.7 Å². The van der Waals surface area contributed by atoms with E-state index in [0.29, 0.717) is 5.76 Å². The highest BCUT2D eigenvalue weighted by Gasteiger charge is 2.15. The number of hydrogen-bond donors (Lipinski definition) is 1. The van der Waals surface area contributed by atoms with Crippen molar-refractivity contribution in [2.24, 2.45) is 0 Å². The average Bonchev–Trinajstić information content (AvgIpc) is 2.81. The van der Waals surface area contributed by atoms with Gasteiger partial charge in [0.1, 0.15) is 5.76 Å². The summed E-state index contributed by atoms with van der Waals surface area (Å²) < 4.78 is 6.30. The van der Waals surface area contributed by atoms with Gasteiger partial charge in [0.2, 0.25) is 5.76 Å². The van der Waals surface area contributed by atoms with Gasteiger partial charge in [-0.05, 0) is 47.1 Å². The van der Waals surface area contributed by atoms with Gasteiger partial charge >= 0.3 is 5.97 Å². The average molecular weight is 327 g/mol. The van der Waals surface area contributed by atoms with Gasteiger partial charge in [0.15, 0.2) is 0 Å². The Morgan fingerprint density at radius 2 is 2.06 bits per heavy atom. The number of carboxylic acids is 1. The van der Waals surface area contributed by atoms with Crippen molar-refractivity contribution in [2.45, 2.75) is 17.1 Å². The molecule has 1 heterocycles. The van der Waals surface area contributed by atoms with Crippen LogP contribution in [-0.4, -0.2) is 11.1 Å². The molecule has 1 unspecified atom stereocenters. The fraction of sp³-hybridized carbons (Fsp3) is 0.154. The minimum atomic E-state index is -1.04. The highest BCUT2D eigenvalue weighted by molar-refractivity contribution is 9.10. The zero-order chi connectivity index (χ0) is 13.1. The summed E-state index contributed by atoms with van der Waals surface area (Å²) in [6, 6.07) is 11.1. The summed E-state index contributed by atoms with van der Waals surface area (Å²) in [5.74, 6) is -0.405. The number of thioether (sulfide) groups is 1. The number of carboxylic acid groups (broad SMARTS) is 1. The quantitative estimate of drug-likeness (QED) is 0.834. The molecule has 1 aromatic carbocycles. The minimum Gasteiger partial charge on any atom is -0.475 e. The normalized spacial score (nSPS) is 12.3. The predicted molar refractivity (Wildman–Crippen MR) is 74.1 cm³/mol. The molecule has 18 heavy (non-hydrogen) atoms. The number of aromatic carboxylic acids is 1. The lowest BCUT2D eigenvalue weighted by Crippen LogP contribution is -1.92. The fourth-order valence-electron chi connectivity index (χ4n) is 1.48. The van der Waals surface area contributed by atoms with E-state index in [1.54, 1.807) is 17.8 Å². The lowest BCUT2D eigenvalue weighted by atomic mass is 10.3. The molecular weight excluding hydrogens is 316 g/mol. The summed E-state index contributed by atoms with van der Waals surface area (Å²) in [7, 11) is 0. The Morgan fingerprint density at radius 1 is 1.33 bits per heavy atom. The molecule has 2 rings (SSSR count). The number of rotatable bonds is 4. The standard InChI is InChI=1S/C13H11BrO3S/c1-8(10-6-7-11(17-10)13(15)16)18-12-5-3-2-4-9(12)14/h2-8H,1H3,(H,15,16). The molecule has 0 bridgehead atoms. The third-order valence-electron chi connectivity index (χ3n) is 2.38. The van der Waals surface area contributed by atoms with Crippen LogP contribution < -0.4 is 0 Å². The van der Waals surface area contributed by atoms with Crippen molar-refractivity contribution in [3.63, 3.8) is 0 Å². The Bertz CT molecular complexity index is 565. The number of halogens is 1. The molecule has 0 saturated heterocycles. The first-order valence-corrected chi connectivity index (χ1v) is 6.99. The second-order valence-electron chi connectivity index (χ2n) is 3.70. The summed E-state index contributed by atoms with van der Waals surface area (Å²) in [6.07, 6.45) is 0. The summed E-state index contributed by atoms with van der Waals surface area (Å²) in [6.45, 7) is 1.98.